The lowest BCUT2D eigenvalue weighted by Gasteiger charge is -2.51. The van der Waals surface area contributed by atoms with E-state index < -0.39 is 172 Å². The Labute approximate surface area is 317 Å². The second-order valence-electron chi connectivity index (χ2n) is 14.0. The normalized spacial score (nSPS) is 45.7. The first-order valence-corrected chi connectivity index (χ1v) is 17.6. The molecule has 324 valence electrons. The van der Waals surface area contributed by atoms with Gasteiger partial charge in [-0.2, -0.15) is 0 Å². The van der Waals surface area contributed by atoms with Gasteiger partial charge in [0.25, 0.3) is 5.79 Å². The van der Waals surface area contributed by atoms with Crippen molar-refractivity contribution in [2.75, 3.05) is 19.8 Å². The van der Waals surface area contributed by atoms with Crippen LogP contribution in [0.25, 0.3) is 0 Å². The number of ether oxygens (including phenoxy) is 7. The van der Waals surface area contributed by atoms with Crippen molar-refractivity contribution >= 4 is 17.8 Å². The molecule has 4 saturated heterocycles. The first kappa shape index (κ1) is 46.3. The molecule has 4 heterocycles. The van der Waals surface area contributed by atoms with Crippen LogP contribution >= 0.6 is 0 Å². The Morgan fingerprint density at radius 3 is 1.86 bits per heavy atom. The minimum atomic E-state index is -3.12. The molecule has 0 aromatic rings. The molecule has 0 radical (unpaired) electrons. The first-order valence-electron chi connectivity index (χ1n) is 17.6. The van der Waals surface area contributed by atoms with Crippen molar-refractivity contribution in [3.8, 4) is 0 Å². The maximum absolute atomic E-state index is 12.9. The maximum atomic E-state index is 12.9. The molecule has 4 fully saturated rings. The average Bonchev–Trinajstić information content (AvgIpc) is 3.14. The van der Waals surface area contributed by atoms with E-state index in [4.69, 9.17) is 33.2 Å². The molecule has 25 heteroatoms. The molecule has 0 aromatic carbocycles. The van der Waals surface area contributed by atoms with E-state index in [9.17, 15) is 80.8 Å². The molecule has 0 spiro atoms. The molecule has 0 aliphatic carbocycles. The highest BCUT2D eigenvalue weighted by molar-refractivity contribution is 5.76. The van der Waals surface area contributed by atoms with Crippen molar-refractivity contribution in [1.29, 1.82) is 0 Å². The number of aliphatic hydroxyl groups excluding tert-OH is 12. The van der Waals surface area contributed by atoms with Crippen LogP contribution in [-0.2, 0) is 47.5 Å². The number of carbonyl (C=O) groups excluding carboxylic acids is 2. The summed E-state index contributed by atoms with van der Waals surface area (Å²) < 4.78 is 39.7. The summed E-state index contributed by atoms with van der Waals surface area (Å²) in [5.74, 6) is -6.69. The molecule has 0 aromatic heterocycles. The summed E-state index contributed by atoms with van der Waals surface area (Å²) in [7, 11) is 0. The quantitative estimate of drug-likeness (QED) is 0.0773. The highest BCUT2D eigenvalue weighted by atomic mass is 16.8. The summed E-state index contributed by atoms with van der Waals surface area (Å²) in [6.07, 6.45) is -35.1. The minimum absolute atomic E-state index is 0.767. The van der Waals surface area contributed by atoms with E-state index in [1.807, 2.05) is 0 Å². The fourth-order valence-corrected chi connectivity index (χ4v) is 6.99. The Bertz CT molecular complexity index is 1330. The van der Waals surface area contributed by atoms with Crippen LogP contribution in [0.2, 0.25) is 0 Å². The lowest BCUT2D eigenvalue weighted by molar-refractivity contribution is -0.390. The van der Waals surface area contributed by atoms with Crippen LogP contribution in [0.15, 0.2) is 0 Å². The summed E-state index contributed by atoms with van der Waals surface area (Å²) in [6.45, 7) is 0.283. The Kier molecular flexibility index (Phi) is 15.8. The number of rotatable bonds is 14. The second kappa shape index (κ2) is 19.1. The van der Waals surface area contributed by atoms with Gasteiger partial charge in [-0.25, -0.2) is 4.79 Å². The second-order valence-corrected chi connectivity index (χ2v) is 14.0. The fourth-order valence-electron chi connectivity index (χ4n) is 6.99. The number of aliphatic carboxylic acids is 1. The van der Waals surface area contributed by atoms with Gasteiger partial charge >= 0.3 is 5.97 Å². The zero-order valence-electron chi connectivity index (χ0n) is 30.3. The van der Waals surface area contributed by atoms with Crippen molar-refractivity contribution in [2.45, 2.75) is 155 Å². The summed E-state index contributed by atoms with van der Waals surface area (Å²) in [5, 5.41) is 142. The molecule has 4 aliphatic heterocycles. The largest absolute Gasteiger partial charge is 0.477 e. The molecular formula is C31H52N2O23. The molecule has 4 rings (SSSR count). The van der Waals surface area contributed by atoms with Gasteiger partial charge in [0, 0.05) is 20.3 Å². The van der Waals surface area contributed by atoms with Crippen LogP contribution in [0.5, 0.6) is 0 Å². The van der Waals surface area contributed by atoms with Gasteiger partial charge in [-0.15, -0.1) is 0 Å². The van der Waals surface area contributed by atoms with Crippen LogP contribution in [0.4, 0.5) is 0 Å². The summed E-state index contributed by atoms with van der Waals surface area (Å²) in [6, 6.07) is -3.22. The third-order valence-corrected chi connectivity index (χ3v) is 9.94. The zero-order chi connectivity index (χ0) is 42.0. The summed E-state index contributed by atoms with van der Waals surface area (Å²) in [5.41, 5.74) is 0. The van der Waals surface area contributed by atoms with E-state index in [1.165, 1.54) is 6.92 Å². The Morgan fingerprint density at radius 1 is 0.732 bits per heavy atom. The molecule has 15 N–H and O–H groups in total. The highest BCUT2D eigenvalue weighted by Gasteiger charge is 2.60. The van der Waals surface area contributed by atoms with Crippen LogP contribution in [-0.4, -0.2) is 232 Å². The maximum Gasteiger partial charge on any atom is 0.364 e. The van der Waals surface area contributed by atoms with Gasteiger partial charge in [-0.1, -0.05) is 0 Å². The predicted molar refractivity (Wildman–Crippen MR) is 173 cm³/mol. The standard InChI is InChI=1S/C31H52N2O23/c1-8-17(41)20(44)21(45)28(50-8)54-25-16(33-10(3)38)27(47)51-14(7-36)23(25)53-29-22(46)26(19(43)13(6-35)52-29)56-31(30(48)49)4-11(39)15(32-9(2)37)24(55-31)18(42)12(40)5-34/h8,11-29,34-36,39-47H,4-7H2,1-3H3,(H,32,37)(H,33,38)(H,48,49)/t8-,11-,12+,13+,14+,15+,16+,17+,18+,19-,20+,21-,22+,23+,24+,25+,26-,27?,28-,29-,31-/m0/s1. The van der Waals surface area contributed by atoms with Crippen molar-refractivity contribution in [1.82, 2.24) is 10.6 Å². The number of carboxylic acids is 1. The van der Waals surface area contributed by atoms with Gasteiger partial charge in [-0.05, 0) is 6.92 Å². The van der Waals surface area contributed by atoms with E-state index in [-0.39, 0.29) is 0 Å². The highest BCUT2D eigenvalue weighted by Crippen LogP contribution is 2.39. The minimum Gasteiger partial charge on any atom is -0.477 e. The number of hydrogen-bond acceptors (Lipinski definition) is 22. The molecule has 4 aliphatic rings. The molecule has 0 saturated carbocycles. The van der Waals surface area contributed by atoms with E-state index in [0.717, 1.165) is 13.8 Å². The average molecular weight is 821 g/mol. The summed E-state index contributed by atoms with van der Waals surface area (Å²) in [4.78, 5) is 37.0. The van der Waals surface area contributed by atoms with Crippen LogP contribution in [0.1, 0.15) is 27.2 Å². The third-order valence-electron chi connectivity index (χ3n) is 9.94. The predicted octanol–water partition coefficient (Wildman–Crippen LogP) is -9.23. The van der Waals surface area contributed by atoms with Crippen molar-refractivity contribution in [2.24, 2.45) is 0 Å². The van der Waals surface area contributed by atoms with Crippen LogP contribution in [0, 0.1) is 0 Å². The van der Waals surface area contributed by atoms with Gasteiger partial charge < -0.3 is 110 Å². The number of nitrogens with one attached hydrogen (secondary N) is 2. The monoisotopic (exact) mass is 820 g/mol. The van der Waals surface area contributed by atoms with Gasteiger partial charge in [0.05, 0.1) is 38.1 Å². The lowest BCUT2D eigenvalue weighted by Crippen LogP contribution is -2.71. The van der Waals surface area contributed by atoms with Gasteiger partial charge in [0.15, 0.2) is 18.9 Å². The van der Waals surface area contributed by atoms with Crippen LogP contribution < -0.4 is 10.6 Å². The Hall–Kier alpha value is -2.35. The van der Waals surface area contributed by atoms with E-state index in [2.05, 4.69) is 10.6 Å². The number of carbonyl (C=O) groups is 3. The fraction of sp³-hybridized carbons (Fsp3) is 0.903. The smallest absolute Gasteiger partial charge is 0.364 e. The van der Waals surface area contributed by atoms with Gasteiger partial charge in [-0.3, -0.25) is 9.59 Å². The summed E-state index contributed by atoms with van der Waals surface area (Å²) >= 11 is 0. The number of amides is 2. The van der Waals surface area contributed by atoms with Crippen molar-refractivity contribution in [3.63, 3.8) is 0 Å². The number of carboxylic acid groups (broad SMARTS) is 1. The Balaban J connectivity index is 1.71. The molecule has 21 atom stereocenters. The molecule has 0 bridgehead atoms. The van der Waals surface area contributed by atoms with E-state index in [0.29, 0.717) is 0 Å². The molecule has 56 heavy (non-hydrogen) atoms. The number of aliphatic hydroxyl groups is 12. The van der Waals surface area contributed by atoms with Gasteiger partial charge in [0.1, 0.15) is 85.4 Å². The van der Waals surface area contributed by atoms with E-state index in [1.54, 1.807) is 0 Å². The van der Waals surface area contributed by atoms with Crippen molar-refractivity contribution in [3.05, 3.63) is 0 Å². The lowest BCUT2D eigenvalue weighted by atomic mass is 9.88. The Morgan fingerprint density at radius 2 is 1.30 bits per heavy atom. The van der Waals surface area contributed by atoms with E-state index >= 15 is 0 Å². The first-order chi connectivity index (χ1) is 26.2. The molecular weight excluding hydrogens is 768 g/mol. The molecule has 25 nitrogen and oxygen atoms in total. The number of hydrogen-bond donors (Lipinski definition) is 15. The zero-order valence-corrected chi connectivity index (χ0v) is 30.3. The van der Waals surface area contributed by atoms with Crippen molar-refractivity contribution < 1.29 is 114 Å². The third kappa shape index (κ3) is 9.74. The molecule has 2 amide bonds. The van der Waals surface area contributed by atoms with Gasteiger partial charge in [0.2, 0.25) is 11.8 Å². The SMILES string of the molecule is CC(=O)N[C@H]1[C@H]([C@H](O)[C@H](O)CO)O[C@@](O[C@H]2[C@@H](O)[C@@H](CO)O[C@@H](O[C@H]3[C@H](O[C@@H]4O[C@@H](C)[C@@H](O)[C@@H](O)[C@@H]4O)[C@@H](NC(C)=O)C(O)O[C@@H]3CO)[C@@H]2O)(C(=O)O)C[C@@H]1O. The molecule has 1 unspecified atom stereocenters. The van der Waals surface area contributed by atoms with Crippen LogP contribution in [0.3, 0.4) is 0 Å². The topological polar surface area (TPSA) is 403 Å².